The van der Waals surface area contributed by atoms with Gasteiger partial charge in [-0.25, -0.2) is 4.79 Å². The number of fused-ring (bicyclic) bond motifs is 1. The van der Waals surface area contributed by atoms with Crippen molar-refractivity contribution in [2.75, 3.05) is 0 Å². The smallest absolute Gasteiger partial charge is 0.417 e. The van der Waals surface area contributed by atoms with Crippen molar-refractivity contribution in [3.63, 3.8) is 0 Å². The van der Waals surface area contributed by atoms with E-state index in [1.165, 1.54) is 0 Å². The van der Waals surface area contributed by atoms with Crippen LogP contribution in [0.1, 0.15) is 30.9 Å². The fraction of sp³-hybridized carbons (Fsp3) is 0.429. The molecule has 1 saturated carbocycles. The second-order valence-electron chi connectivity index (χ2n) is 5.25. The second kappa shape index (κ2) is 4.79. The first kappa shape index (κ1) is 12.9. The summed E-state index contributed by atoms with van der Waals surface area (Å²) in [6.07, 6.45) is 1.23. The Bertz CT molecular complexity index is 701. The molecule has 0 aliphatic heterocycles. The van der Waals surface area contributed by atoms with Gasteiger partial charge in [0.05, 0.1) is 17.5 Å². The highest BCUT2D eigenvalue weighted by Crippen LogP contribution is 2.40. The molecule has 2 aromatic rings. The van der Waals surface area contributed by atoms with E-state index in [2.05, 4.69) is 4.98 Å². The van der Waals surface area contributed by atoms with Gasteiger partial charge in [0, 0.05) is 5.92 Å². The normalized spacial score (nSPS) is 24.1. The third kappa shape index (κ3) is 2.12. The molecule has 1 aliphatic rings. The van der Waals surface area contributed by atoms with Crippen molar-refractivity contribution in [3.05, 3.63) is 34.3 Å². The number of hydrogen-bond donors (Lipinski definition) is 3. The lowest BCUT2D eigenvalue weighted by Crippen LogP contribution is -2.23. The number of rotatable bonds is 3. The number of aromatic nitrogens is 1. The fourth-order valence-corrected chi connectivity index (χ4v) is 3.07. The largest absolute Gasteiger partial charge is 0.481 e. The minimum atomic E-state index is -0.860. The van der Waals surface area contributed by atoms with Gasteiger partial charge < -0.3 is 14.6 Å². The highest BCUT2D eigenvalue weighted by molar-refractivity contribution is 5.73. The predicted octanol–water partition coefficient (Wildman–Crippen LogP) is 1.66. The molecule has 0 radical (unpaired) electrons. The van der Waals surface area contributed by atoms with Crippen molar-refractivity contribution < 1.29 is 19.4 Å². The molecule has 1 heterocycles. The number of carbonyl (C=O) groups is 1. The highest BCUT2D eigenvalue weighted by atomic mass is 16.4. The van der Waals surface area contributed by atoms with Crippen molar-refractivity contribution in [1.29, 1.82) is 0 Å². The molecule has 3 rings (SSSR count). The van der Waals surface area contributed by atoms with Crippen LogP contribution in [0.15, 0.2) is 27.4 Å². The summed E-state index contributed by atoms with van der Waals surface area (Å²) in [6.45, 7) is 0. The number of nitrogens with one attached hydrogen (secondary N) is 1. The number of aliphatic hydroxyl groups excluding tert-OH is 1. The van der Waals surface area contributed by atoms with Gasteiger partial charge >= 0.3 is 11.7 Å². The minimum Gasteiger partial charge on any atom is -0.481 e. The van der Waals surface area contributed by atoms with E-state index in [1.807, 2.05) is 0 Å². The van der Waals surface area contributed by atoms with Gasteiger partial charge in [-0.1, -0.05) is 12.5 Å². The minimum absolute atomic E-state index is 0.296. The van der Waals surface area contributed by atoms with E-state index >= 15 is 0 Å². The lowest BCUT2D eigenvalue weighted by atomic mass is 9.87. The summed E-state index contributed by atoms with van der Waals surface area (Å²) in [5.74, 6) is -2.22. The summed E-state index contributed by atoms with van der Waals surface area (Å²) in [5.41, 5.74) is 1.52. The van der Waals surface area contributed by atoms with Crippen LogP contribution in [0.5, 0.6) is 0 Å². The molecule has 20 heavy (non-hydrogen) atoms. The molecule has 3 N–H and O–H groups in total. The van der Waals surface area contributed by atoms with Gasteiger partial charge in [0.2, 0.25) is 0 Å². The predicted molar refractivity (Wildman–Crippen MR) is 70.3 cm³/mol. The number of carboxylic acids is 1. The summed E-state index contributed by atoms with van der Waals surface area (Å²) in [6, 6.07) is 4.94. The third-order valence-corrected chi connectivity index (χ3v) is 4.08. The van der Waals surface area contributed by atoms with Crippen LogP contribution in [-0.2, 0) is 4.79 Å². The Kier molecular flexibility index (Phi) is 3.10. The second-order valence-corrected chi connectivity index (χ2v) is 5.25. The molecule has 1 aliphatic carbocycles. The van der Waals surface area contributed by atoms with Crippen LogP contribution in [-0.4, -0.2) is 21.2 Å². The monoisotopic (exact) mass is 277 g/mol. The quantitative estimate of drug-likeness (QED) is 0.791. The number of H-pyrrole nitrogens is 1. The SMILES string of the molecule is O=C(O)C1CCCC1C(O)c1ccc2[nH]c(=O)oc2c1. The summed E-state index contributed by atoms with van der Waals surface area (Å²) in [5, 5.41) is 19.6. The Labute approximate surface area is 114 Å². The molecule has 1 aromatic carbocycles. The van der Waals surface area contributed by atoms with E-state index in [0.717, 1.165) is 6.42 Å². The number of hydrogen-bond acceptors (Lipinski definition) is 4. The van der Waals surface area contributed by atoms with Crippen molar-refractivity contribution in [1.82, 2.24) is 4.98 Å². The molecule has 106 valence electrons. The van der Waals surface area contributed by atoms with Crippen LogP contribution in [0.4, 0.5) is 0 Å². The first-order chi connectivity index (χ1) is 9.56. The van der Waals surface area contributed by atoms with E-state index in [4.69, 9.17) is 4.42 Å². The van der Waals surface area contributed by atoms with E-state index in [1.54, 1.807) is 18.2 Å². The molecular weight excluding hydrogens is 262 g/mol. The van der Waals surface area contributed by atoms with E-state index in [0.29, 0.717) is 29.5 Å². The average Bonchev–Trinajstić information content (AvgIpc) is 3.01. The zero-order valence-electron chi connectivity index (χ0n) is 10.7. The molecule has 0 saturated heterocycles. The van der Waals surface area contributed by atoms with Gasteiger partial charge in [-0.2, -0.15) is 0 Å². The van der Waals surface area contributed by atoms with E-state index in [-0.39, 0.29) is 5.92 Å². The Morgan fingerprint density at radius 2 is 2.20 bits per heavy atom. The Morgan fingerprint density at radius 3 is 2.95 bits per heavy atom. The molecular formula is C14H15NO5. The van der Waals surface area contributed by atoms with Crippen molar-refractivity contribution in [3.8, 4) is 0 Å². The van der Waals surface area contributed by atoms with Crippen LogP contribution in [0.25, 0.3) is 11.1 Å². The number of aliphatic carboxylic acids is 1. The van der Waals surface area contributed by atoms with Gasteiger partial charge in [-0.15, -0.1) is 0 Å². The van der Waals surface area contributed by atoms with Crippen LogP contribution in [0.3, 0.4) is 0 Å². The van der Waals surface area contributed by atoms with E-state index in [9.17, 15) is 19.8 Å². The maximum Gasteiger partial charge on any atom is 0.417 e. The number of aliphatic hydroxyl groups is 1. The maximum absolute atomic E-state index is 11.2. The Balaban J connectivity index is 1.93. The number of oxazole rings is 1. The van der Waals surface area contributed by atoms with Gasteiger partial charge in [0.25, 0.3) is 0 Å². The Morgan fingerprint density at radius 1 is 1.40 bits per heavy atom. The zero-order chi connectivity index (χ0) is 14.3. The standard InChI is InChI=1S/C14H15NO5/c16-12(8-2-1-3-9(8)13(17)18)7-4-5-10-11(6-7)20-14(19)15-10/h4-6,8-9,12,16H,1-3H2,(H,15,19)(H,17,18). The topological polar surface area (TPSA) is 104 Å². The van der Waals surface area contributed by atoms with Crippen molar-refractivity contribution >= 4 is 17.1 Å². The molecule has 6 heteroatoms. The molecule has 3 atom stereocenters. The van der Waals surface area contributed by atoms with Crippen LogP contribution < -0.4 is 5.76 Å². The fourth-order valence-electron chi connectivity index (χ4n) is 3.07. The van der Waals surface area contributed by atoms with E-state index < -0.39 is 23.7 Å². The lowest BCUT2D eigenvalue weighted by molar-refractivity contribution is -0.144. The first-order valence-corrected chi connectivity index (χ1v) is 6.60. The molecule has 0 bridgehead atoms. The lowest BCUT2D eigenvalue weighted by Gasteiger charge is -2.22. The zero-order valence-corrected chi connectivity index (χ0v) is 10.7. The maximum atomic E-state index is 11.2. The molecule has 1 aromatic heterocycles. The Hall–Kier alpha value is -2.08. The molecule has 0 amide bonds. The molecule has 0 spiro atoms. The highest BCUT2D eigenvalue weighted by Gasteiger charge is 2.38. The summed E-state index contributed by atoms with van der Waals surface area (Å²) >= 11 is 0. The summed E-state index contributed by atoms with van der Waals surface area (Å²) in [7, 11) is 0. The van der Waals surface area contributed by atoms with Crippen LogP contribution >= 0.6 is 0 Å². The number of carboxylic acid groups (broad SMARTS) is 1. The van der Waals surface area contributed by atoms with Crippen LogP contribution in [0.2, 0.25) is 0 Å². The van der Waals surface area contributed by atoms with Gasteiger partial charge in [0.1, 0.15) is 0 Å². The van der Waals surface area contributed by atoms with Crippen molar-refractivity contribution in [2.45, 2.75) is 25.4 Å². The average molecular weight is 277 g/mol. The number of aromatic amines is 1. The molecule has 6 nitrogen and oxygen atoms in total. The molecule has 3 unspecified atom stereocenters. The third-order valence-electron chi connectivity index (χ3n) is 4.08. The summed E-state index contributed by atoms with van der Waals surface area (Å²) in [4.78, 5) is 24.8. The number of benzene rings is 1. The van der Waals surface area contributed by atoms with Crippen molar-refractivity contribution in [2.24, 2.45) is 11.8 Å². The van der Waals surface area contributed by atoms with Gasteiger partial charge in [-0.3, -0.25) is 9.78 Å². The molecule has 1 fully saturated rings. The summed E-state index contributed by atoms with van der Waals surface area (Å²) < 4.78 is 4.96. The van der Waals surface area contributed by atoms with Gasteiger partial charge in [-0.05, 0) is 30.5 Å². The van der Waals surface area contributed by atoms with Gasteiger partial charge in [0.15, 0.2) is 5.58 Å². The first-order valence-electron chi connectivity index (χ1n) is 6.60. The van der Waals surface area contributed by atoms with Crippen LogP contribution in [0, 0.1) is 11.8 Å².